The van der Waals surface area contributed by atoms with Crippen LogP contribution in [0.3, 0.4) is 0 Å². The highest BCUT2D eigenvalue weighted by molar-refractivity contribution is 6.20. The maximum atomic E-state index is 11.5. The van der Waals surface area contributed by atoms with E-state index in [4.69, 9.17) is 4.74 Å². The molecule has 4 heteroatoms. The molecule has 2 rings (SSSR count). The number of phenolic OH excluding ortho intramolecular Hbond substituents is 1. The normalized spacial score (nSPS) is 11.2. The number of carboxylic acids is 1. The van der Waals surface area contributed by atoms with E-state index < -0.39 is 5.97 Å². The second kappa shape index (κ2) is 6.61. The highest BCUT2D eigenvalue weighted by Crippen LogP contribution is 2.26. The van der Waals surface area contributed by atoms with E-state index in [1.54, 1.807) is 42.5 Å². The quantitative estimate of drug-likeness (QED) is 0.652. The molecule has 108 valence electrons. The van der Waals surface area contributed by atoms with Gasteiger partial charge in [0.25, 0.3) is 0 Å². The molecule has 0 aliphatic rings. The second-order valence-electron chi connectivity index (χ2n) is 4.38. The summed E-state index contributed by atoms with van der Waals surface area (Å²) in [4.78, 5) is 11.5. The largest absolute Gasteiger partial charge is 0.507 e. The van der Waals surface area contributed by atoms with Gasteiger partial charge in [0.15, 0.2) is 0 Å². The van der Waals surface area contributed by atoms with Gasteiger partial charge in [0, 0.05) is 5.56 Å². The molecule has 0 bridgehead atoms. The van der Waals surface area contributed by atoms with Gasteiger partial charge in [-0.15, -0.1) is 0 Å². The molecular formula is C17H16O4. The Morgan fingerprint density at radius 3 is 2.62 bits per heavy atom. The molecule has 0 fully saturated rings. The van der Waals surface area contributed by atoms with Gasteiger partial charge in [-0.3, -0.25) is 0 Å². The van der Waals surface area contributed by atoms with Crippen molar-refractivity contribution < 1.29 is 19.7 Å². The number of hydrogen-bond acceptors (Lipinski definition) is 3. The van der Waals surface area contributed by atoms with Crippen LogP contribution in [0.4, 0.5) is 0 Å². The zero-order valence-electron chi connectivity index (χ0n) is 11.6. The topological polar surface area (TPSA) is 66.8 Å². The molecule has 0 amide bonds. The average molecular weight is 284 g/mol. The second-order valence-corrected chi connectivity index (χ2v) is 4.38. The smallest absolute Gasteiger partial charge is 0.336 e. The summed E-state index contributed by atoms with van der Waals surface area (Å²) < 4.78 is 5.38. The van der Waals surface area contributed by atoms with E-state index in [0.29, 0.717) is 23.5 Å². The van der Waals surface area contributed by atoms with Crippen molar-refractivity contribution in [2.45, 2.75) is 6.92 Å². The molecular weight excluding hydrogens is 268 g/mol. The van der Waals surface area contributed by atoms with Gasteiger partial charge in [0.05, 0.1) is 12.2 Å². The summed E-state index contributed by atoms with van der Waals surface area (Å²) >= 11 is 0. The van der Waals surface area contributed by atoms with Crippen molar-refractivity contribution in [1.82, 2.24) is 0 Å². The third-order valence-electron chi connectivity index (χ3n) is 2.92. The Morgan fingerprint density at radius 2 is 1.95 bits per heavy atom. The average Bonchev–Trinajstić information content (AvgIpc) is 2.46. The fourth-order valence-electron chi connectivity index (χ4n) is 1.95. The number of carboxylic acid groups (broad SMARTS) is 1. The van der Waals surface area contributed by atoms with E-state index in [-0.39, 0.29) is 11.3 Å². The van der Waals surface area contributed by atoms with Crippen LogP contribution in [0, 0.1) is 0 Å². The van der Waals surface area contributed by atoms with E-state index in [0.717, 1.165) is 0 Å². The number of phenols is 1. The third-order valence-corrected chi connectivity index (χ3v) is 2.92. The highest BCUT2D eigenvalue weighted by Gasteiger charge is 2.12. The standard InChI is InChI=1S/C17H16O4/c1-2-21-14-8-5-7-12(10-14)15(17(19)20)11-13-6-3-4-9-16(13)18/h3-11,18H,2H2,1H3,(H,19,20)/b15-11-. The first kappa shape index (κ1) is 14.7. The molecule has 0 aromatic heterocycles. The molecule has 0 spiro atoms. The Morgan fingerprint density at radius 1 is 1.19 bits per heavy atom. The van der Waals surface area contributed by atoms with Crippen molar-refractivity contribution in [2.24, 2.45) is 0 Å². The monoisotopic (exact) mass is 284 g/mol. The van der Waals surface area contributed by atoms with E-state index in [2.05, 4.69) is 0 Å². The van der Waals surface area contributed by atoms with Crippen LogP contribution in [0.2, 0.25) is 0 Å². The van der Waals surface area contributed by atoms with E-state index in [1.807, 2.05) is 6.92 Å². The summed E-state index contributed by atoms with van der Waals surface area (Å²) in [6.07, 6.45) is 1.45. The first-order valence-corrected chi connectivity index (χ1v) is 6.58. The van der Waals surface area contributed by atoms with Gasteiger partial charge in [-0.1, -0.05) is 30.3 Å². The van der Waals surface area contributed by atoms with Gasteiger partial charge < -0.3 is 14.9 Å². The van der Waals surface area contributed by atoms with Gasteiger partial charge in [0.2, 0.25) is 0 Å². The molecule has 0 aliphatic carbocycles. The Labute approximate surface area is 122 Å². The lowest BCUT2D eigenvalue weighted by Gasteiger charge is -2.07. The fraction of sp³-hybridized carbons (Fsp3) is 0.118. The third kappa shape index (κ3) is 3.63. The maximum Gasteiger partial charge on any atom is 0.336 e. The van der Waals surface area contributed by atoms with Gasteiger partial charge in [0.1, 0.15) is 11.5 Å². The van der Waals surface area contributed by atoms with Crippen molar-refractivity contribution in [3.63, 3.8) is 0 Å². The van der Waals surface area contributed by atoms with Crippen LogP contribution in [0.15, 0.2) is 48.5 Å². The van der Waals surface area contributed by atoms with Crippen molar-refractivity contribution in [3.05, 3.63) is 59.7 Å². The van der Waals surface area contributed by atoms with Gasteiger partial charge in [-0.25, -0.2) is 4.79 Å². The number of carbonyl (C=O) groups is 1. The molecule has 2 aromatic rings. The molecule has 4 nitrogen and oxygen atoms in total. The summed E-state index contributed by atoms with van der Waals surface area (Å²) in [5.74, 6) is -0.413. The Kier molecular flexibility index (Phi) is 4.61. The number of hydrogen-bond donors (Lipinski definition) is 2. The molecule has 0 heterocycles. The molecule has 0 atom stereocenters. The fourth-order valence-corrected chi connectivity index (χ4v) is 1.95. The molecule has 0 aliphatic heterocycles. The number of rotatable bonds is 5. The number of ether oxygens (including phenoxy) is 1. The Bertz CT molecular complexity index is 674. The van der Waals surface area contributed by atoms with Crippen LogP contribution in [0.25, 0.3) is 11.6 Å². The predicted octanol–water partition coefficient (Wildman–Crippen LogP) is 3.42. The van der Waals surface area contributed by atoms with Crippen molar-refractivity contribution in [2.75, 3.05) is 6.61 Å². The van der Waals surface area contributed by atoms with Gasteiger partial charge in [-0.05, 0) is 36.8 Å². The molecule has 2 aromatic carbocycles. The molecule has 0 unspecified atom stereocenters. The first-order chi connectivity index (χ1) is 10.1. The number of para-hydroxylation sites is 1. The lowest BCUT2D eigenvalue weighted by molar-refractivity contribution is -0.130. The summed E-state index contributed by atoms with van der Waals surface area (Å²) in [7, 11) is 0. The summed E-state index contributed by atoms with van der Waals surface area (Å²) in [6.45, 7) is 2.37. The zero-order valence-corrected chi connectivity index (χ0v) is 11.6. The number of aliphatic carboxylic acids is 1. The molecule has 0 radical (unpaired) electrons. The Balaban J connectivity index is 2.47. The van der Waals surface area contributed by atoms with Crippen LogP contribution in [0.5, 0.6) is 11.5 Å². The van der Waals surface area contributed by atoms with E-state index >= 15 is 0 Å². The van der Waals surface area contributed by atoms with Crippen LogP contribution in [-0.2, 0) is 4.79 Å². The van der Waals surface area contributed by atoms with Crippen molar-refractivity contribution >= 4 is 17.6 Å². The van der Waals surface area contributed by atoms with Crippen molar-refractivity contribution in [1.29, 1.82) is 0 Å². The minimum Gasteiger partial charge on any atom is -0.507 e. The minimum atomic E-state index is -1.06. The van der Waals surface area contributed by atoms with Crippen molar-refractivity contribution in [3.8, 4) is 11.5 Å². The Hall–Kier alpha value is -2.75. The zero-order chi connectivity index (χ0) is 15.2. The highest BCUT2D eigenvalue weighted by atomic mass is 16.5. The summed E-state index contributed by atoms with van der Waals surface area (Å²) in [6, 6.07) is 13.5. The van der Waals surface area contributed by atoms with Crippen LogP contribution in [-0.4, -0.2) is 22.8 Å². The summed E-state index contributed by atoms with van der Waals surface area (Å²) in [5.41, 5.74) is 1.08. The van der Waals surface area contributed by atoms with Crippen LogP contribution in [0.1, 0.15) is 18.1 Å². The molecule has 0 saturated heterocycles. The predicted molar refractivity (Wildman–Crippen MR) is 81.2 cm³/mol. The molecule has 2 N–H and O–H groups in total. The molecule has 0 saturated carbocycles. The number of aromatic hydroxyl groups is 1. The van der Waals surface area contributed by atoms with Crippen LogP contribution < -0.4 is 4.74 Å². The van der Waals surface area contributed by atoms with Gasteiger partial charge in [-0.2, -0.15) is 0 Å². The van der Waals surface area contributed by atoms with E-state index in [1.165, 1.54) is 12.1 Å². The first-order valence-electron chi connectivity index (χ1n) is 6.58. The summed E-state index contributed by atoms with van der Waals surface area (Å²) in [5, 5.41) is 19.2. The lowest BCUT2D eigenvalue weighted by atomic mass is 10.0. The lowest BCUT2D eigenvalue weighted by Crippen LogP contribution is -2.00. The SMILES string of the molecule is CCOc1cccc(/C(=C/c2ccccc2O)C(=O)O)c1. The molecule has 21 heavy (non-hydrogen) atoms. The maximum absolute atomic E-state index is 11.5. The van der Waals surface area contributed by atoms with E-state index in [9.17, 15) is 15.0 Å². The van der Waals surface area contributed by atoms with Gasteiger partial charge >= 0.3 is 5.97 Å². The van der Waals surface area contributed by atoms with Crippen LogP contribution >= 0.6 is 0 Å². The minimum absolute atomic E-state index is 0.0391. The number of benzene rings is 2.